The lowest BCUT2D eigenvalue weighted by molar-refractivity contribution is 0.0137. The highest BCUT2D eigenvalue weighted by atomic mass is 16.3. The zero-order valence-electron chi connectivity index (χ0n) is 21.5. The summed E-state index contributed by atoms with van der Waals surface area (Å²) in [5.41, 5.74) is 9.79. The van der Waals surface area contributed by atoms with Gasteiger partial charge in [-0.2, -0.15) is 0 Å². The van der Waals surface area contributed by atoms with E-state index < -0.39 is 17.7 Å². The van der Waals surface area contributed by atoms with Crippen LogP contribution in [0.1, 0.15) is 82.3 Å². The summed E-state index contributed by atoms with van der Waals surface area (Å²) >= 11 is 0. The molecule has 5 N–H and O–H groups in total. The van der Waals surface area contributed by atoms with Crippen molar-refractivity contribution in [1.82, 2.24) is 15.5 Å². The third-order valence-corrected chi connectivity index (χ3v) is 8.20. The van der Waals surface area contributed by atoms with Crippen molar-refractivity contribution in [3.05, 3.63) is 46.3 Å². The quantitative estimate of drug-likeness (QED) is 0.403. The molecular weight excluding hydrogens is 426 g/mol. The molecule has 4 atom stereocenters. The maximum atomic E-state index is 13.5. The summed E-state index contributed by atoms with van der Waals surface area (Å²) in [5.74, 6) is 1.47. The number of aliphatic hydroxyl groups excluding tert-OH is 1. The average Bonchev–Trinajstić information content (AvgIpc) is 3.04. The number of aliphatic hydroxyl groups is 1. The molecule has 0 saturated carbocycles. The minimum Gasteiger partial charge on any atom is -0.388 e. The molecule has 0 aromatic heterocycles. The van der Waals surface area contributed by atoms with Crippen molar-refractivity contribution in [1.29, 1.82) is 0 Å². The predicted octanol–water partition coefficient (Wildman–Crippen LogP) is 2.82. The Balaban J connectivity index is 1.65. The van der Waals surface area contributed by atoms with Gasteiger partial charge in [0.05, 0.1) is 23.5 Å². The Morgan fingerprint density at radius 3 is 2.74 bits per heavy atom. The third kappa shape index (κ3) is 3.98. The predicted molar refractivity (Wildman–Crippen MR) is 137 cm³/mol. The van der Waals surface area contributed by atoms with Gasteiger partial charge in [-0.3, -0.25) is 9.79 Å². The summed E-state index contributed by atoms with van der Waals surface area (Å²) in [6, 6.07) is 5.42. The van der Waals surface area contributed by atoms with Crippen LogP contribution in [0.3, 0.4) is 0 Å². The standard InChI is InChI=1S/C27H41N5O2/c1-7-22(28)31-21-14-29-24(16(2)3)32-15-20(23(33)27(21,32)6)30-25(34)18-10-8-12-19-17(18)11-9-13-26(19,4)5/h8,10,12,20-21,23,29,33H,7,9,11,13-15H2,1-6H3,(H2,28,31)(H,30,34)/t20-,21?,23-,27+/m1/s1. The van der Waals surface area contributed by atoms with E-state index in [1.807, 2.05) is 26.0 Å². The molecule has 1 aromatic rings. The van der Waals surface area contributed by atoms with Crippen molar-refractivity contribution >= 4 is 11.7 Å². The van der Waals surface area contributed by atoms with Crippen molar-refractivity contribution in [3.63, 3.8) is 0 Å². The van der Waals surface area contributed by atoms with E-state index in [1.54, 1.807) is 0 Å². The molecule has 3 aliphatic rings. The number of benzene rings is 1. The van der Waals surface area contributed by atoms with Gasteiger partial charge in [0.15, 0.2) is 0 Å². The molecule has 1 aromatic carbocycles. The molecule has 7 nitrogen and oxygen atoms in total. The number of nitrogens with two attached hydrogens (primary N) is 1. The summed E-state index contributed by atoms with van der Waals surface area (Å²) in [6.45, 7) is 13.7. The molecule has 2 fully saturated rings. The summed E-state index contributed by atoms with van der Waals surface area (Å²) in [4.78, 5) is 20.5. The van der Waals surface area contributed by atoms with Crippen molar-refractivity contribution in [3.8, 4) is 0 Å². The van der Waals surface area contributed by atoms with Gasteiger partial charge in [-0.15, -0.1) is 0 Å². The number of aliphatic imine (C=N–C) groups is 1. The molecule has 0 bridgehead atoms. The van der Waals surface area contributed by atoms with Crippen LogP contribution in [0.2, 0.25) is 0 Å². The Kier molecular flexibility index (Phi) is 6.44. The van der Waals surface area contributed by atoms with Crippen LogP contribution in [-0.4, -0.2) is 58.6 Å². The molecule has 1 amide bonds. The summed E-state index contributed by atoms with van der Waals surface area (Å²) in [6.07, 6.45) is 2.99. The van der Waals surface area contributed by atoms with Crippen LogP contribution in [0.4, 0.5) is 0 Å². The molecule has 2 heterocycles. The number of rotatable bonds is 4. The minimum atomic E-state index is -0.790. The lowest BCUT2D eigenvalue weighted by Gasteiger charge is -2.48. The second-order valence-electron chi connectivity index (χ2n) is 11.1. The highest BCUT2D eigenvalue weighted by Crippen LogP contribution is 2.41. The Morgan fingerprint density at radius 1 is 1.32 bits per heavy atom. The van der Waals surface area contributed by atoms with Crippen molar-refractivity contribution < 1.29 is 9.90 Å². The van der Waals surface area contributed by atoms with E-state index in [0.29, 0.717) is 25.3 Å². The highest BCUT2D eigenvalue weighted by molar-refractivity contribution is 5.96. The molecular formula is C27H41N5O2. The summed E-state index contributed by atoms with van der Waals surface area (Å²) in [7, 11) is 0. The molecule has 2 saturated heterocycles. The molecule has 1 aliphatic carbocycles. The number of carbonyl (C=O) groups is 1. The maximum Gasteiger partial charge on any atom is 0.251 e. The van der Waals surface area contributed by atoms with Gasteiger partial charge >= 0.3 is 0 Å². The minimum absolute atomic E-state index is 0.0688. The first kappa shape index (κ1) is 24.6. The van der Waals surface area contributed by atoms with E-state index >= 15 is 0 Å². The number of fused-ring (bicyclic) bond motifs is 2. The van der Waals surface area contributed by atoms with Gasteiger partial charge < -0.3 is 26.4 Å². The van der Waals surface area contributed by atoms with E-state index in [9.17, 15) is 9.90 Å². The molecule has 4 rings (SSSR count). The van der Waals surface area contributed by atoms with Gasteiger partial charge in [-0.25, -0.2) is 0 Å². The topological polar surface area (TPSA) is 103 Å². The second-order valence-corrected chi connectivity index (χ2v) is 11.1. The van der Waals surface area contributed by atoms with Crippen LogP contribution >= 0.6 is 0 Å². The SMILES string of the molecule is CCC(N)=NC1CNC(=C(C)C)N2C[C@@H](NC(=O)c3cccc4c3CCCC4(C)C)[C@@H](O)[C@]12C. The number of amides is 1. The maximum absolute atomic E-state index is 13.5. The van der Waals surface area contributed by atoms with Gasteiger partial charge in [-0.1, -0.05) is 32.9 Å². The van der Waals surface area contributed by atoms with Crippen molar-refractivity contribution in [2.75, 3.05) is 13.1 Å². The molecule has 0 spiro atoms. The van der Waals surface area contributed by atoms with Crippen LogP contribution in [0.15, 0.2) is 34.6 Å². The molecule has 0 radical (unpaired) electrons. The zero-order valence-corrected chi connectivity index (χ0v) is 21.5. The van der Waals surface area contributed by atoms with Gasteiger partial charge in [0, 0.05) is 25.1 Å². The first-order valence-electron chi connectivity index (χ1n) is 12.6. The fourth-order valence-corrected chi connectivity index (χ4v) is 6.09. The Labute approximate surface area is 203 Å². The van der Waals surface area contributed by atoms with E-state index in [1.165, 1.54) is 5.56 Å². The molecule has 1 unspecified atom stereocenters. The van der Waals surface area contributed by atoms with Crippen LogP contribution in [0.5, 0.6) is 0 Å². The number of carbonyl (C=O) groups excluding carboxylic acids is 1. The molecule has 34 heavy (non-hydrogen) atoms. The first-order chi connectivity index (χ1) is 16.0. The van der Waals surface area contributed by atoms with E-state index in [4.69, 9.17) is 10.7 Å². The lowest BCUT2D eigenvalue weighted by atomic mass is 9.71. The van der Waals surface area contributed by atoms with Crippen LogP contribution in [0, 0.1) is 0 Å². The van der Waals surface area contributed by atoms with Crippen LogP contribution in [0.25, 0.3) is 0 Å². The first-order valence-corrected chi connectivity index (χ1v) is 12.6. The lowest BCUT2D eigenvalue weighted by Crippen LogP contribution is -2.65. The number of hydrogen-bond acceptors (Lipinski definition) is 5. The smallest absolute Gasteiger partial charge is 0.251 e. The third-order valence-electron chi connectivity index (χ3n) is 8.20. The van der Waals surface area contributed by atoms with Gasteiger partial charge in [0.2, 0.25) is 0 Å². The largest absolute Gasteiger partial charge is 0.388 e. The normalized spacial score (nSPS) is 30.3. The molecule has 186 valence electrons. The average molecular weight is 468 g/mol. The van der Waals surface area contributed by atoms with Gasteiger partial charge in [-0.05, 0) is 68.2 Å². The molecule has 7 heteroatoms. The van der Waals surface area contributed by atoms with Crippen LogP contribution in [-0.2, 0) is 11.8 Å². The monoisotopic (exact) mass is 467 g/mol. The van der Waals surface area contributed by atoms with E-state index in [-0.39, 0.29) is 17.4 Å². The van der Waals surface area contributed by atoms with Gasteiger partial charge in [0.25, 0.3) is 5.91 Å². The number of nitrogens with one attached hydrogen (secondary N) is 2. The van der Waals surface area contributed by atoms with Gasteiger partial charge in [0.1, 0.15) is 11.9 Å². The van der Waals surface area contributed by atoms with E-state index in [2.05, 4.69) is 49.3 Å². The fraction of sp³-hybridized carbons (Fsp3) is 0.630. The summed E-state index contributed by atoms with van der Waals surface area (Å²) in [5, 5.41) is 18.3. The zero-order chi connectivity index (χ0) is 24.8. The number of hydrogen-bond donors (Lipinski definition) is 4. The van der Waals surface area contributed by atoms with E-state index in [0.717, 1.165) is 41.8 Å². The highest BCUT2D eigenvalue weighted by Gasteiger charge is 2.58. The van der Waals surface area contributed by atoms with Crippen molar-refractivity contribution in [2.45, 2.75) is 96.4 Å². The number of amidine groups is 1. The Morgan fingerprint density at radius 2 is 2.06 bits per heavy atom. The Hall–Kier alpha value is -2.54. The van der Waals surface area contributed by atoms with Crippen LogP contribution < -0.4 is 16.4 Å². The second kappa shape index (κ2) is 8.91. The molecule has 2 aliphatic heterocycles. The number of nitrogens with zero attached hydrogens (tertiary/aromatic N) is 2. The van der Waals surface area contributed by atoms with Crippen molar-refractivity contribution in [2.24, 2.45) is 10.7 Å². The summed E-state index contributed by atoms with van der Waals surface area (Å²) < 4.78 is 0. The fourth-order valence-electron chi connectivity index (χ4n) is 6.09. The Bertz CT molecular complexity index is 1030. The number of allylic oxidation sites excluding steroid dienone is 1.